The molecule has 0 saturated carbocycles. The van der Waals surface area contributed by atoms with Gasteiger partial charge in [0.2, 0.25) is 0 Å². The molecule has 0 rings (SSSR count). The second-order valence-electron chi connectivity index (χ2n) is 10.6. The number of hydrogen-bond donors (Lipinski definition) is 1. The first-order valence-electron chi connectivity index (χ1n) is 15.7. The van der Waals surface area contributed by atoms with E-state index in [9.17, 15) is 9.59 Å². The van der Waals surface area contributed by atoms with Crippen molar-refractivity contribution in [1.29, 1.82) is 0 Å². The van der Waals surface area contributed by atoms with Gasteiger partial charge in [0.05, 0.1) is 0 Å². The van der Waals surface area contributed by atoms with Gasteiger partial charge in [0.1, 0.15) is 6.10 Å². The summed E-state index contributed by atoms with van der Waals surface area (Å²) in [6, 6.07) is 0. The predicted octanol–water partition coefficient (Wildman–Crippen LogP) is 10.3. The summed E-state index contributed by atoms with van der Waals surface area (Å²) in [7, 11) is 0. The molecule has 0 bridgehead atoms. The van der Waals surface area contributed by atoms with Gasteiger partial charge in [-0.25, -0.2) is 0 Å². The van der Waals surface area contributed by atoms with Gasteiger partial charge in [0, 0.05) is 12.8 Å². The standard InChI is InChI=1S/C32H60O4/c1-3-5-7-9-11-12-13-14-15-16-17-19-25-29-32(35)36-30(26-22-18-10-8-6-4-2)27-23-20-21-24-28-31(33)34/h12-13,30H,3-11,14-29H2,1-2H3,(H,33,34)/b13-12-. The average Bonchev–Trinajstić information content (AvgIpc) is 2.85. The molecule has 0 fully saturated rings. The Morgan fingerprint density at radius 1 is 0.583 bits per heavy atom. The van der Waals surface area contributed by atoms with E-state index < -0.39 is 5.97 Å². The number of esters is 1. The van der Waals surface area contributed by atoms with Gasteiger partial charge < -0.3 is 9.84 Å². The number of carbonyl (C=O) groups is 2. The topological polar surface area (TPSA) is 63.6 Å². The highest BCUT2D eigenvalue weighted by molar-refractivity contribution is 5.69. The van der Waals surface area contributed by atoms with Gasteiger partial charge in [-0.1, -0.05) is 109 Å². The van der Waals surface area contributed by atoms with Crippen LogP contribution in [0.25, 0.3) is 0 Å². The van der Waals surface area contributed by atoms with E-state index in [-0.39, 0.29) is 18.5 Å². The Bertz CT molecular complexity index is 514. The van der Waals surface area contributed by atoms with E-state index in [0.29, 0.717) is 6.42 Å². The van der Waals surface area contributed by atoms with E-state index >= 15 is 0 Å². The molecule has 1 atom stereocenters. The van der Waals surface area contributed by atoms with Crippen LogP contribution in [0.2, 0.25) is 0 Å². The maximum atomic E-state index is 12.4. The molecule has 0 amide bonds. The second-order valence-corrected chi connectivity index (χ2v) is 10.6. The van der Waals surface area contributed by atoms with Gasteiger partial charge in [0.25, 0.3) is 0 Å². The van der Waals surface area contributed by atoms with Crippen molar-refractivity contribution in [3.8, 4) is 0 Å². The molecule has 36 heavy (non-hydrogen) atoms. The van der Waals surface area contributed by atoms with Crippen LogP contribution in [0.3, 0.4) is 0 Å². The first-order chi connectivity index (χ1) is 17.6. The monoisotopic (exact) mass is 508 g/mol. The zero-order valence-corrected chi connectivity index (χ0v) is 24.1. The van der Waals surface area contributed by atoms with Gasteiger partial charge in [0.15, 0.2) is 0 Å². The van der Waals surface area contributed by atoms with Gasteiger partial charge in [-0.2, -0.15) is 0 Å². The molecule has 0 aromatic rings. The summed E-state index contributed by atoms with van der Waals surface area (Å²) in [6.45, 7) is 4.49. The molecule has 0 aliphatic heterocycles. The van der Waals surface area contributed by atoms with Gasteiger partial charge in [-0.3, -0.25) is 9.59 Å². The Balaban J connectivity index is 3.94. The van der Waals surface area contributed by atoms with E-state index in [4.69, 9.17) is 9.84 Å². The molecule has 4 nitrogen and oxygen atoms in total. The van der Waals surface area contributed by atoms with E-state index in [1.807, 2.05) is 0 Å². The molecule has 0 aliphatic rings. The Kier molecular flexibility index (Phi) is 27.2. The molecule has 0 aliphatic carbocycles. The lowest BCUT2D eigenvalue weighted by atomic mass is 10.0. The van der Waals surface area contributed by atoms with Crippen molar-refractivity contribution in [1.82, 2.24) is 0 Å². The van der Waals surface area contributed by atoms with Crippen molar-refractivity contribution in [3.05, 3.63) is 12.2 Å². The average molecular weight is 509 g/mol. The smallest absolute Gasteiger partial charge is 0.306 e. The quantitative estimate of drug-likeness (QED) is 0.0648. The fourth-order valence-corrected chi connectivity index (χ4v) is 4.65. The first kappa shape index (κ1) is 34.7. The highest BCUT2D eigenvalue weighted by atomic mass is 16.5. The van der Waals surface area contributed by atoms with Crippen LogP contribution in [-0.4, -0.2) is 23.1 Å². The van der Waals surface area contributed by atoms with Crippen LogP contribution in [0.15, 0.2) is 12.2 Å². The molecule has 0 spiro atoms. The molecular weight excluding hydrogens is 448 g/mol. The van der Waals surface area contributed by atoms with Gasteiger partial charge >= 0.3 is 11.9 Å². The molecule has 4 heteroatoms. The summed E-state index contributed by atoms with van der Waals surface area (Å²) in [5.74, 6) is -0.738. The zero-order chi connectivity index (χ0) is 26.5. The third-order valence-corrected chi connectivity index (χ3v) is 6.99. The fraction of sp³-hybridized carbons (Fsp3) is 0.875. The van der Waals surface area contributed by atoms with Crippen LogP contribution >= 0.6 is 0 Å². The van der Waals surface area contributed by atoms with Crippen molar-refractivity contribution in [2.24, 2.45) is 0 Å². The Labute approximate surface area is 224 Å². The number of hydrogen-bond acceptors (Lipinski definition) is 3. The van der Waals surface area contributed by atoms with Crippen LogP contribution in [0.4, 0.5) is 0 Å². The minimum Gasteiger partial charge on any atom is -0.481 e. The number of ether oxygens (including phenoxy) is 1. The Morgan fingerprint density at radius 3 is 1.53 bits per heavy atom. The zero-order valence-electron chi connectivity index (χ0n) is 24.1. The Hall–Kier alpha value is -1.32. The minimum atomic E-state index is -0.713. The summed E-state index contributed by atoms with van der Waals surface area (Å²) in [5, 5.41) is 8.76. The van der Waals surface area contributed by atoms with Gasteiger partial charge in [-0.15, -0.1) is 0 Å². The fourth-order valence-electron chi connectivity index (χ4n) is 4.65. The normalized spacial score (nSPS) is 12.3. The number of carboxylic acid groups (broad SMARTS) is 1. The van der Waals surface area contributed by atoms with Crippen molar-refractivity contribution < 1.29 is 19.4 Å². The van der Waals surface area contributed by atoms with Crippen LogP contribution < -0.4 is 0 Å². The molecule has 0 heterocycles. The summed E-state index contributed by atoms with van der Waals surface area (Å²) >= 11 is 0. The number of allylic oxidation sites excluding steroid dienone is 2. The van der Waals surface area contributed by atoms with Crippen molar-refractivity contribution in [2.75, 3.05) is 0 Å². The lowest BCUT2D eigenvalue weighted by Crippen LogP contribution is -2.18. The predicted molar refractivity (Wildman–Crippen MR) is 153 cm³/mol. The third kappa shape index (κ3) is 27.3. The second kappa shape index (κ2) is 28.3. The first-order valence-corrected chi connectivity index (χ1v) is 15.7. The van der Waals surface area contributed by atoms with Gasteiger partial charge in [-0.05, 0) is 64.2 Å². The molecule has 1 unspecified atom stereocenters. The van der Waals surface area contributed by atoms with E-state index in [1.54, 1.807) is 0 Å². The summed E-state index contributed by atoms with van der Waals surface area (Å²) in [5.41, 5.74) is 0. The summed E-state index contributed by atoms with van der Waals surface area (Å²) in [6.07, 6.45) is 32.2. The summed E-state index contributed by atoms with van der Waals surface area (Å²) in [4.78, 5) is 23.1. The lowest BCUT2D eigenvalue weighted by Gasteiger charge is -2.18. The van der Waals surface area contributed by atoms with Crippen LogP contribution in [-0.2, 0) is 14.3 Å². The van der Waals surface area contributed by atoms with E-state index in [2.05, 4.69) is 26.0 Å². The highest BCUT2D eigenvalue weighted by Crippen LogP contribution is 2.18. The van der Waals surface area contributed by atoms with Crippen LogP contribution in [0.1, 0.15) is 174 Å². The molecule has 0 aromatic carbocycles. The van der Waals surface area contributed by atoms with Crippen LogP contribution in [0, 0.1) is 0 Å². The largest absolute Gasteiger partial charge is 0.481 e. The maximum Gasteiger partial charge on any atom is 0.306 e. The number of rotatable bonds is 28. The van der Waals surface area contributed by atoms with Crippen molar-refractivity contribution >= 4 is 11.9 Å². The molecule has 212 valence electrons. The highest BCUT2D eigenvalue weighted by Gasteiger charge is 2.14. The summed E-state index contributed by atoms with van der Waals surface area (Å²) < 4.78 is 5.89. The van der Waals surface area contributed by atoms with Crippen LogP contribution in [0.5, 0.6) is 0 Å². The molecular formula is C32H60O4. The molecule has 0 saturated heterocycles. The number of aliphatic carboxylic acids is 1. The lowest BCUT2D eigenvalue weighted by molar-refractivity contribution is -0.150. The molecule has 0 radical (unpaired) electrons. The van der Waals surface area contributed by atoms with Crippen molar-refractivity contribution in [3.63, 3.8) is 0 Å². The number of carboxylic acids is 1. The minimum absolute atomic E-state index is 0.0251. The third-order valence-electron chi connectivity index (χ3n) is 6.99. The maximum absolute atomic E-state index is 12.4. The van der Waals surface area contributed by atoms with E-state index in [0.717, 1.165) is 57.8 Å². The number of unbranched alkanes of at least 4 members (excludes halogenated alkanes) is 17. The van der Waals surface area contributed by atoms with E-state index in [1.165, 1.54) is 89.9 Å². The SMILES string of the molecule is CCCCCC/C=C\CCCCCCCC(=O)OC(CCCCCCCC)CCCCCCC(=O)O. The number of carbonyl (C=O) groups excluding carboxylic acids is 1. The Morgan fingerprint density at radius 2 is 1.00 bits per heavy atom. The molecule has 0 aromatic heterocycles. The molecule has 1 N–H and O–H groups in total. The van der Waals surface area contributed by atoms with Crippen molar-refractivity contribution in [2.45, 2.75) is 180 Å².